The van der Waals surface area contributed by atoms with Crippen LogP contribution in [0.1, 0.15) is 258 Å². The molecule has 1 aromatic carbocycles. The third-order valence-electron chi connectivity index (χ3n) is 4.60. The van der Waals surface area contributed by atoms with Gasteiger partial charge in [-0.25, -0.2) is 0 Å². The predicted octanol–water partition coefficient (Wildman–Crippen LogP) is 20.0. The quantitative estimate of drug-likeness (QED) is 0.264. The molecule has 54 heavy (non-hydrogen) atoms. The van der Waals surface area contributed by atoms with E-state index in [9.17, 15) is 0 Å². The zero-order valence-electron chi connectivity index (χ0n) is 43.2. The van der Waals surface area contributed by atoms with Crippen molar-refractivity contribution in [2.45, 2.75) is 241 Å². The average molecular weight is 859 g/mol. The van der Waals surface area contributed by atoms with Crippen molar-refractivity contribution in [3.8, 4) is 0 Å². The molecule has 0 aromatic heterocycles. The summed E-state index contributed by atoms with van der Waals surface area (Å²) in [5.74, 6) is 1.43. The van der Waals surface area contributed by atoms with Crippen molar-refractivity contribution >= 4 is 17.1 Å². The summed E-state index contributed by atoms with van der Waals surface area (Å²) in [5, 5.41) is 0. The summed E-state index contributed by atoms with van der Waals surface area (Å²) in [4.78, 5) is 6.94. The smallest absolute Gasteiger partial charge is 0.0473 e. The summed E-state index contributed by atoms with van der Waals surface area (Å²) in [6, 6.07) is 0. The van der Waals surface area contributed by atoms with Crippen LogP contribution in [0.4, 0.5) is 17.1 Å². The van der Waals surface area contributed by atoms with Crippen molar-refractivity contribution in [2.24, 2.45) is 5.41 Å². The standard InChI is InChI=1S/C21H39N3.C5H12.9C2H6.4CH4.2CH3.Y/c1-13(2)16-19(22(7)8)17(14(3)4)21(24(11)12)18(15(5)6)20(16)23(9)10;1-5(2,3)4;9*1-2;;;;;;;/h13-15H,1-12H3;1-4H3;9*1-2H3;4*1H4;2*1H3;/q;;;;;;;;;;;;;;;2*-1;. The Balaban J connectivity index is -0.0000000260. The molecule has 4 heteroatoms. The Labute approximate surface area is 382 Å². The number of hydrogen-bond donors (Lipinski definition) is 0. The fourth-order valence-corrected chi connectivity index (χ4v) is 3.86. The second-order valence-corrected chi connectivity index (χ2v) is 11.4. The van der Waals surface area contributed by atoms with Crippen LogP contribution in [0.5, 0.6) is 0 Å². The number of benzene rings is 1. The summed E-state index contributed by atoms with van der Waals surface area (Å²) in [7, 11) is 13.1. The maximum atomic E-state index is 2.32. The third-order valence-corrected chi connectivity index (χ3v) is 4.60. The van der Waals surface area contributed by atoms with Gasteiger partial charge in [-0.1, -0.05) is 224 Å². The summed E-state index contributed by atoms with van der Waals surface area (Å²) in [6.07, 6.45) is 0. The Hall–Kier alpha value is -0.276. The Morgan fingerprint density at radius 1 is 0.315 bits per heavy atom. The van der Waals surface area contributed by atoms with E-state index in [1.807, 2.05) is 125 Å². The Bertz CT molecular complexity index is 497. The molecule has 0 saturated carbocycles. The van der Waals surface area contributed by atoms with E-state index < -0.39 is 0 Å². The molecule has 0 unspecified atom stereocenters. The van der Waals surface area contributed by atoms with Crippen molar-refractivity contribution in [2.75, 3.05) is 57.0 Å². The number of nitrogens with zero attached hydrogens (tertiary/aromatic N) is 3. The van der Waals surface area contributed by atoms with Crippen LogP contribution in [0, 0.1) is 20.3 Å². The van der Waals surface area contributed by atoms with Gasteiger partial charge in [0.05, 0.1) is 0 Å². The minimum absolute atomic E-state index is 0. The van der Waals surface area contributed by atoms with Crippen LogP contribution >= 0.6 is 0 Å². The third kappa shape index (κ3) is 58.4. The summed E-state index contributed by atoms with van der Waals surface area (Å²) in [6.45, 7) is 58.7. The van der Waals surface area contributed by atoms with E-state index in [0.29, 0.717) is 23.2 Å². The number of hydrogen-bond acceptors (Lipinski definition) is 3. The molecule has 1 aromatic rings. The molecule has 347 valence electrons. The molecule has 0 aliphatic carbocycles. The molecule has 0 heterocycles. The van der Waals surface area contributed by atoms with Crippen molar-refractivity contribution in [3.05, 3.63) is 31.5 Å². The van der Waals surface area contributed by atoms with Crippen LogP contribution in [0.2, 0.25) is 0 Å². The Morgan fingerprint density at radius 2 is 0.389 bits per heavy atom. The van der Waals surface area contributed by atoms with Gasteiger partial charge in [-0.05, 0) is 23.2 Å². The molecule has 0 fully saturated rings. The second-order valence-electron chi connectivity index (χ2n) is 11.4. The van der Waals surface area contributed by atoms with Crippen LogP contribution < -0.4 is 14.7 Å². The molecule has 0 amide bonds. The molecule has 1 radical (unpaired) electrons. The van der Waals surface area contributed by atoms with Crippen LogP contribution in [0.25, 0.3) is 0 Å². The van der Waals surface area contributed by atoms with Gasteiger partial charge < -0.3 is 29.6 Å². The average Bonchev–Trinajstić information content (AvgIpc) is 3.06. The maximum Gasteiger partial charge on any atom is 0.0473 e. The van der Waals surface area contributed by atoms with Crippen molar-refractivity contribution in [1.29, 1.82) is 0 Å². The predicted molar refractivity (Wildman–Crippen MR) is 279 cm³/mol. The Morgan fingerprint density at radius 3 is 0.426 bits per heavy atom. The first kappa shape index (κ1) is 111. The fourth-order valence-electron chi connectivity index (χ4n) is 3.86. The van der Waals surface area contributed by atoms with E-state index in [1.165, 1.54) is 33.8 Å². The van der Waals surface area contributed by atoms with E-state index >= 15 is 0 Å². The summed E-state index contributed by atoms with van der Waals surface area (Å²) < 4.78 is 0. The zero-order chi connectivity index (χ0) is 41.4. The number of anilines is 3. The monoisotopic (exact) mass is 859 g/mol. The number of rotatable bonds is 6. The van der Waals surface area contributed by atoms with Gasteiger partial charge >= 0.3 is 0 Å². The van der Waals surface area contributed by atoms with Gasteiger partial charge in [-0.3, -0.25) is 0 Å². The van der Waals surface area contributed by atoms with E-state index in [-0.39, 0.29) is 77.3 Å². The molecule has 0 aliphatic rings. The van der Waals surface area contributed by atoms with Gasteiger partial charge in [0, 0.05) is 109 Å². The molecule has 0 atom stereocenters. The van der Waals surface area contributed by atoms with E-state index in [4.69, 9.17) is 0 Å². The molecule has 0 bridgehead atoms. The summed E-state index contributed by atoms with van der Waals surface area (Å²) in [5.41, 5.74) is 9.12. The van der Waals surface area contributed by atoms with Crippen LogP contribution in [0.15, 0.2) is 0 Å². The minimum Gasteiger partial charge on any atom is -0.377 e. The minimum atomic E-state index is 0. The van der Waals surface area contributed by atoms with E-state index in [2.05, 4.69) is 126 Å². The molecule has 0 N–H and O–H groups in total. The molecular formula is C50H127N3Y-2. The van der Waals surface area contributed by atoms with Crippen LogP contribution in [-0.2, 0) is 32.7 Å². The first-order chi connectivity index (χ1) is 21.9. The normalized spacial score (nSPS) is 7.28. The molecule has 0 saturated heterocycles. The van der Waals surface area contributed by atoms with Crippen molar-refractivity contribution in [3.63, 3.8) is 0 Å². The molecule has 0 spiro atoms. The van der Waals surface area contributed by atoms with Crippen LogP contribution in [0.3, 0.4) is 0 Å². The van der Waals surface area contributed by atoms with Gasteiger partial charge in [0.15, 0.2) is 0 Å². The molecular weight excluding hydrogens is 731 g/mol. The fraction of sp³-hybridized carbons (Fsp3) is 0.840. The molecule has 0 aliphatic heterocycles. The van der Waals surface area contributed by atoms with Crippen molar-refractivity contribution in [1.82, 2.24) is 0 Å². The van der Waals surface area contributed by atoms with Gasteiger partial charge in [0.1, 0.15) is 0 Å². The van der Waals surface area contributed by atoms with Gasteiger partial charge in [0.25, 0.3) is 0 Å². The van der Waals surface area contributed by atoms with Gasteiger partial charge in [-0.15, -0.1) is 0 Å². The summed E-state index contributed by atoms with van der Waals surface area (Å²) >= 11 is 0. The second kappa shape index (κ2) is 81.0. The SMILES string of the molecule is C.C.C.C.CC.CC.CC.CC.CC.CC.CC.CC.CC.CC(C)(C)C.CC(C)c1c(N(C)C)c(C(C)C)c(N(C)C)c(C(C)C)c1N(C)C.[CH3-].[CH3-].[Y]. The maximum absolute atomic E-state index is 2.32. The van der Waals surface area contributed by atoms with E-state index in [0.717, 1.165) is 0 Å². The first-order valence-corrected chi connectivity index (χ1v) is 20.2. The van der Waals surface area contributed by atoms with Crippen LogP contribution in [-0.4, -0.2) is 42.3 Å². The topological polar surface area (TPSA) is 9.72 Å². The first-order valence-electron chi connectivity index (χ1n) is 20.2. The molecule has 3 nitrogen and oxygen atoms in total. The zero-order valence-corrected chi connectivity index (χ0v) is 46.0. The van der Waals surface area contributed by atoms with Gasteiger partial charge in [-0.2, -0.15) is 0 Å². The van der Waals surface area contributed by atoms with E-state index in [1.54, 1.807) is 0 Å². The van der Waals surface area contributed by atoms with Gasteiger partial charge in [0.2, 0.25) is 0 Å². The molecule has 1 rings (SSSR count). The van der Waals surface area contributed by atoms with Crippen molar-refractivity contribution < 1.29 is 32.7 Å². The Kier molecular flexibility index (Phi) is 166. The largest absolute Gasteiger partial charge is 0.377 e.